The summed E-state index contributed by atoms with van der Waals surface area (Å²) in [6.07, 6.45) is 1.77. The molecule has 1 aromatic rings. The molecule has 1 heterocycles. The molecule has 1 rings (SSSR count). The van der Waals surface area contributed by atoms with Crippen molar-refractivity contribution in [1.82, 2.24) is 9.88 Å². The third kappa shape index (κ3) is 3.77. The first-order chi connectivity index (χ1) is 8.02. The molecule has 96 valence electrons. The van der Waals surface area contributed by atoms with Crippen molar-refractivity contribution < 1.29 is 10.2 Å². The van der Waals surface area contributed by atoms with Gasteiger partial charge in [0.05, 0.1) is 18.9 Å². The molecule has 0 aliphatic carbocycles. The van der Waals surface area contributed by atoms with Crippen LogP contribution in [0.4, 0.5) is 0 Å². The predicted molar refractivity (Wildman–Crippen MR) is 67.6 cm³/mol. The summed E-state index contributed by atoms with van der Waals surface area (Å²) in [4.78, 5) is 6.41. The van der Waals surface area contributed by atoms with E-state index in [9.17, 15) is 10.2 Å². The van der Waals surface area contributed by atoms with Crippen molar-refractivity contribution in [1.29, 1.82) is 0 Å². The van der Waals surface area contributed by atoms with Gasteiger partial charge >= 0.3 is 0 Å². The molecule has 0 spiro atoms. The largest absolute Gasteiger partial charge is 0.396 e. The molecule has 0 aliphatic rings. The van der Waals surface area contributed by atoms with Crippen molar-refractivity contribution in [2.45, 2.75) is 19.9 Å². The molecule has 0 saturated carbocycles. The van der Waals surface area contributed by atoms with Gasteiger partial charge in [0, 0.05) is 24.2 Å². The predicted octanol–water partition coefficient (Wildman–Crippen LogP) is 1.07. The number of nitrogens with zero attached hydrogens (tertiary/aromatic N) is 2. The summed E-state index contributed by atoms with van der Waals surface area (Å²) < 4.78 is 0. The summed E-state index contributed by atoms with van der Waals surface area (Å²) in [5, 5.41) is 18.6. The Morgan fingerprint density at radius 1 is 1.35 bits per heavy atom. The number of aliphatic hydroxyl groups is 2. The van der Waals surface area contributed by atoms with Crippen molar-refractivity contribution in [3.63, 3.8) is 0 Å². The maximum Gasteiger partial charge on any atom is 0.0572 e. The van der Waals surface area contributed by atoms with Crippen LogP contribution in [0.5, 0.6) is 0 Å². The average molecular weight is 238 g/mol. The van der Waals surface area contributed by atoms with Crippen molar-refractivity contribution in [3.8, 4) is 0 Å². The Balaban J connectivity index is 2.68. The highest BCUT2D eigenvalue weighted by atomic mass is 16.3. The standard InChI is InChI=1S/C13H22N2O2/c1-11(12-6-4-5-7-14-12)15(3)8-13(2,9-16)10-17/h4-7,11,16-17H,8-10H2,1-3H3/t11-/m1/s1. The molecule has 0 fully saturated rings. The first kappa shape index (κ1) is 14.1. The van der Waals surface area contributed by atoms with E-state index in [-0.39, 0.29) is 19.3 Å². The molecule has 1 atom stereocenters. The highest BCUT2D eigenvalue weighted by molar-refractivity contribution is 5.07. The van der Waals surface area contributed by atoms with Crippen LogP contribution < -0.4 is 0 Å². The summed E-state index contributed by atoms with van der Waals surface area (Å²) in [5.74, 6) is 0. The van der Waals surface area contributed by atoms with E-state index >= 15 is 0 Å². The number of rotatable bonds is 6. The SMILES string of the molecule is C[C@H](c1ccccn1)N(C)CC(C)(CO)CO. The van der Waals surface area contributed by atoms with E-state index in [4.69, 9.17) is 0 Å². The summed E-state index contributed by atoms with van der Waals surface area (Å²) in [6.45, 7) is 4.51. The van der Waals surface area contributed by atoms with Gasteiger partial charge in [0.1, 0.15) is 0 Å². The lowest BCUT2D eigenvalue weighted by Gasteiger charge is -2.33. The Morgan fingerprint density at radius 2 is 2.00 bits per heavy atom. The van der Waals surface area contributed by atoms with Gasteiger partial charge in [0.2, 0.25) is 0 Å². The number of hydrogen-bond acceptors (Lipinski definition) is 4. The molecule has 4 nitrogen and oxygen atoms in total. The van der Waals surface area contributed by atoms with Gasteiger partial charge in [-0.2, -0.15) is 0 Å². The first-order valence-electron chi connectivity index (χ1n) is 5.85. The topological polar surface area (TPSA) is 56.6 Å². The minimum Gasteiger partial charge on any atom is -0.396 e. The van der Waals surface area contributed by atoms with E-state index in [1.807, 2.05) is 32.2 Å². The van der Waals surface area contributed by atoms with Gasteiger partial charge in [-0.1, -0.05) is 13.0 Å². The zero-order valence-corrected chi connectivity index (χ0v) is 10.8. The van der Waals surface area contributed by atoms with Gasteiger partial charge in [0.25, 0.3) is 0 Å². The van der Waals surface area contributed by atoms with Gasteiger partial charge in [0.15, 0.2) is 0 Å². The molecule has 0 amide bonds. The van der Waals surface area contributed by atoms with Crippen LogP contribution in [0.15, 0.2) is 24.4 Å². The second kappa shape index (κ2) is 6.10. The fourth-order valence-electron chi connectivity index (χ4n) is 1.74. The first-order valence-corrected chi connectivity index (χ1v) is 5.85. The zero-order chi connectivity index (χ0) is 12.9. The quantitative estimate of drug-likeness (QED) is 0.778. The number of pyridine rings is 1. The Morgan fingerprint density at radius 3 is 2.47 bits per heavy atom. The van der Waals surface area contributed by atoms with Crippen LogP contribution in [0, 0.1) is 5.41 Å². The number of aromatic nitrogens is 1. The van der Waals surface area contributed by atoms with Gasteiger partial charge < -0.3 is 10.2 Å². The minimum absolute atomic E-state index is 0.0250. The van der Waals surface area contributed by atoms with Crippen LogP contribution in [-0.4, -0.2) is 46.9 Å². The van der Waals surface area contributed by atoms with Crippen LogP contribution >= 0.6 is 0 Å². The second-order valence-electron chi connectivity index (χ2n) is 4.97. The third-order valence-electron chi connectivity index (χ3n) is 3.17. The molecular formula is C13H22N2O2. The molecule has 0 bridgehead atoms. The maximum absolute atomic E-state index is 9.28. The van der Waals surface area contributed by atoms with Gasteiger partial charge in [-0.3, -0.25) is 9.88 Å². The molecule has 0 aromatic carbocycles. The zero-order valence-electron chi connectivity index (χ0n) is 10.8. The van der Waals surface area contributed by atoms with Crippen LogP contribution in [0.3, 0.4) is 0 Å². The minimum atomic E-state index is -0.474. The molecule has 0 radical (unpaired) electrons. The van der Waals surface area contributed by atoms with E-state index in [0.717, 1.165) is 5.69 Å². The Bertz CT molecular complexity index is 325. The molecule has 4 heteroatoms. The van der Waals surface area contributed by atoms with Gasteiger partial charge in [-0.25, -0.2) is 0 Å². The van der Waals surface area contributed by atoms with E-state index in [2.05, 4.69) is 16.8 Å². The van der Waals surface area contributed by atoms with E-state index < -0.39 is 5.41 Å². The van der Waals surface area contributed by atoms with E-state index in [0.29, 0.717) is 6.54 Å². The molecule has 0 saturated heterocycles. The number of hydrogen-bond donors (Lipinski definition) is 2. The van der Waals surface area contributed by atoms with Crippen LogP contribution in [-0.2, 0) is 0 Å². The lowest BCUT2D eigenvalue weighted by atomic mass is 9.92. The Hall–Kier alpha value is -0.970. The van der Waals surface area contributed by atoms with E-state index in [1.165, 1.54) is 0 Å². The molecule has 0 unspecified atom stereocenters. The molecule has 17 heavy (non-hydrogen) atoms. The fourth-order valence-corrected chi connectivity index (χ4v) is 1.74. The van der Waals surface area contributed by atoms with Gasteiger partial charge in [-0.05, 0) is 26.1 Å². The van der Waals surface area contributed by atoms with Crippen molar-refractivity contribution in [2.75, 3.05) is 26.8 Å². The second-order valence-corrected chi connectivity index (χ2v) is 4.97. The normalized spacial score (nSPS) is 14.0. The smallest absolute Gasteiger partial charge is 0.0572 e. The van der Waals surface area contributed by atoms with Crippen LogP contribution in [0.2, 0.25) is 0 Å². The Kier molecular flexibility index (Phi) is 5.05. The van der Waals surface area contributed by atoms with Gasteiger partial charge in [-0.15, -0.1) is 0 Å². The third-order valence-corrected chi connectivity index (χ3v) is 3.17. The molecule has 0 aliphatic heterocycles. The molecule has 2 N–H and O–H groups in total. The average Bonchev–Trinajstić information content (AvgIpc) is 2.38. The van der Waals surface area contributed by atoms with E-state index in [1.54, 1.807) is 6.20 Å². The highest BCUT2D eigenvalue weighted by Crippen LogP contribution is 2.22. The number of aliphatic hydroxyl groups excluding tert-OH is 2. The van der Waals surface area contributed by atoms with Crippen molar-refractivity contribution >= 4 is 0 Å². The summed E-state index contributed by atoms with van der Waals surface area (Å²) in [6, 6.07) is 6.00. The van der Waals surface area contributed by atoms with Crippen LogP contribution in [0.1, 0.15) is 25.6 Å². The van der Waals surface area contributed by atoms with Crippen molar-refractivity contribution in [3.05, 3.63) is 30.1 Å². The fraction of sp³-hybridized carbons (Fsp3) is 0.615. The summed E-state index contributed by atoms with van der Waals surface area (Å²) in [5.41, 5.74) is 0.519. The molecular weight excluding hydrogens is 216 g/mol. The molecule has 1 aromatic heterocycles. The monoisotopic (exact) mass is 238 g/mol. The highest BCUT2D eigenvalue weighted by Gasteiger charge is 2.26. The summed E-state index contributed by atoms with van der Waals surface area (Å²) >= 11 is 0. The Labute approximate surface area is 103 Å². The lowest BCUT2D eigenvalue weighted by molar-refractivity contribution is 0.0322. The van der Waals surface area contributed by atoms with Crippen LogP contribution in [0.25, 0.3) is 0 Å². The lowest BCUT2D eigenvalue weighted by Crippen LogP contribution is -2.40. The summed E-state index contributed by atoms with van der Waals surface area (Å²) in [7, 11) is 1.98. The maximum atomic E-state index is 9.28. The van der Waals surface area contributed by atoms with Crippen molar-refractivity contribution in [2.24, 2.45) is 5.41 Å².